The van der Waals surface area contributed by atoms with Crippen molar-refractivity contribution in [2.45, 2.75) is 121 Å². The molecule has 0 radical (unpaired) electrons. The molecular weight excluding hydrogens is 336 g/mol. The summed E-state index contributed by atoms with van der Waals surface area (Å²) in [6.07, 6.45) is 19.5. The molecule has 5 heteroatoms. The first kappa shape index (κ1) is 24.9. The van der Waals surface area contributed by atoms with Crippen LogP contribution in [0.1, 0.15) is 116 Å². The molecule has 0 aliphatic carbocycles. The molecule has 2 N–H and O–H groups in total. The van der Waals surface area contributed by atoms with Crippen molar-refractivity contribution in [1.29, 1.82) is 0 Å². The Kier molecular flexibility index (Phi) is 17.2. The van der Waals surface area contributed by atoms with Crippen molar-refractivity contribution in [3.05, 3.63) is 0 Å². The molecule has 0 aliphatic rings. The predicted octanol–water partition coefficient (Wildman–Crippen LogP) is 5.89. The second-order valence-corrected chi connectivity index (χ2v) is 9.06. The normalized spacial score (nSPS) is 13.2. The van der Waals surface area contributed by atoms with Crippen molar-refractivity contribution < 1.29 is 18.1 Å². The summed E-state index contributed by atoms with van der Waals surface area (Å²) >= 11 is 0. The summed E-state index contributed by atoms with van der Waals surface area (Å²) in [5, 5.41) is 8.13. The van der Waals surface area contributed by atoms with Crippen LogP contribution in [0.5, 0.6) is 0 Å². The fourth-order valence-corrected chi connectivity index (χ4v) is 4.23. The van der Waals surface area contributed by atoms with Gasteiger partial charge in [-0.25, -0.2) is 0 Å². The Morgan fingerprint density at radius 1 is 0.640 bits per heavy atom. The molecule has 0 aromatic heterocycles. The van der Waals surface area contributed by atoms with Gasteiger partial charge >= 0.3 is 0 Å². The maximum absolute atomic E-state index is 11.1. The average molecular weight is 379 g/mol. The van der Waals surface area contributed by atoms with Crippen molar-refractivity contribution in [2.75, 3.05) is 6.61 Å². The number of aliphatic hydroxyl groups excluding tert-OH is 1. The van der Waals surface area contributed by atoms with E-state index in [0.717, 1.165) is 19.3 Å². The molecular formula is C20H42O4S. The smallest absolute Gasteiger partial charge is 0.267 e. The highest BCUT2D eigenvalue weighted by Crippen LogP contribution is 2.16. The fourth-order valence-electron chi connectivity index (χ4n) is 3.35. The Bertz CT molecular complexity index is 368. The first-order valence-corrected chi connectivity index (χ1v) is 12.1. The van der Waals surface area contributed by atoms with E-state index in [1.54, 1.807) is 0 Å². The van der Waals surface area contributed by atoms with Gasteiger partial charge in [0.2, 0.25) is 0 Å². The number of hydrogen-bond donors (Lipinski definition) is 2. The molecule has 0 amide bonds. The first-order chi connectivity index (χ1) is 12.0. The van der Waals surface area contributed by atoms with E-state index >= 15 is 0 Å². The van der Waals surface area contributed by atoms with Gasteiger partial charge in [-0.15, -0.1) is 0 Å². The molecule has 0 saturated heterocycles. The van der Waals surface area contributed by atoms with Crippen molar-refractivity contribution in [3.8, 4) is 0 Å². The molecule has 0 aromatic rings. The van der Waals surface area contributed by atoms with E-state index in [1.165, 1.54) is 77.0 Å². The second kappa shape index (κ2) is 17.3. The van der Waals surface area contributed by atoms with Gasteiger partial charge < -0.3 is 5.11 Å². The molecule has 0 aromatic carbocycles. The summed E-state index contributed by atoms with van der Waals surface area (Å²) in [5.74, 6) is 0. The largest absolute Gasteiger partial charge is 0.396 e. The zero-order chi connectivity index (χ0) is 18.8. The van der Waals surface area contributed by atoms with Gasteiger partial charge in [0, 0.05) is 6.61 Å². The zero-order valence-electron chi connectivity index (χ0n) is 16.4. The topological polar surface area (TPSA) is 74.6 Å². The molecule has 0 bridgehead atoms. The van der Waals surface area contributed by atoms with E-state index in [-0.39, 0.29) is 0 Å². The molecule has 0 spiro atoms. The first-order valence-electron chi connectivity index (χ1n) is 10.6. The summed E-state index contributed by atoms with van der Waals surface area (Å²) in [6.45, 7) is 2.15. The minimum atomic E-state index is -3.85. The lowest BCUT2D eigenvalue weighted by atomic mass is 10.0. The predicted molar refractivity (Wildman–Crippen MR) is 107 cm³/mol. The SMILES string of the molecule is CCC(CCCCCCCCCCCCCCCCCO)S(=O)(=O)O. The Hall–Kier alpha value is -0.130. The molecule has 4 nitrogen and oxygen atoms in total. The summed E-state index contributed by atoms with van der Waals surface area (Å²) in [5.41, 5.74) is 0. The molecule has 0 heterocycles. The minimum Gasteiger partial charge on any atom is -0.396 e. The lowest BCUT2D eigenvalue weighted by Crippen LogP contribution is -2.19. The van der Waals surface area contributed by atoms with Crippen molar-refractivity contribution in [1.82, 2.24) is 0 Å². The van der Waals surface area contributed by atoms with Crippen LogP contribution in [-0.2, 0) is 10.1 Å². The molecule has 0 fully saturated rings. The van der Waals surface area contributed by atoms with Gasteiger partial charge in [-0.2, -0.15) is 8.42 Å². The monoisotopic (exact) mass is 378 g/mol. The van der Waals surface area contributed by atoms with E-state index < -0.39 is 15.4 Å². The third-order valence-electron chi connectivity index (χ3n) is 5.06. The van der Waals surface area contributed by atoms with E-state index in [0.29, 0.717) is 19.4 Å². The van der Waals surface area contributed by atoms with Crippen LogP contribution in [0.4, 0.5) is 0 Å². The Morgan fingerprint density at radius 2 is 0.960 bits per heavy atom. The van der Waals surface area contributed by atoms with Crippen LogP contribution in [0.15, 0.2) is 0 Å². The highest BCUT2D eigenvalue weighted by molar-refractivity contribution is 7.86. The summed E-state index contributed by atoms with van der Waals surface area (Å²) in [6, 6.07) is 0. The molecule has 0 rings (SSSR count). The number of aliphatic hydroxyl groups is 1. The Balaban J connectivity index is 3.21. The number of rotatable bonds is 19. The third-order valence-corrected chi connectivity index (χ3v) is 6.47. The summed E-state index contributed by atoms with van der Waals surface area (Å²) in [4.78, 5) is 0. The van der Waals surface area contributed by atoms with E-state index in [1.807, 2.05) is 6.92 Å². The quantitative estimate of drug-likeness (QED) is 0.217. The second-order valence-electron chi connectivity index (χ2n) is 7.36. The Morgan fingerprint density at radius 3 is 1.24 bits per heavy atom. The highest BCUT2D eigenvalue weighted by atomic mass is 32.2. The third kappa shape index (κ3) is 17.1. The molecule has 1 atom stereocenters. The lowest BCUT2D eigenvalue weighted by molar-refractivity contribution is 0.282. The number of hydrogen-bond acceptors (Lipinski definition) is 3. The molecule has 0 saturated carbocycles. The average Bonchev–Trinajstić information content (AvgIpc) is 2.56. The van der Waals surface area contributed by atoms with Crippen LogP contribution in [0.3, 0.4) is 0 Å². The van der Waals surface area contributed by atoms with Crippen LogP contribution < -0.4 is 0 Å². The van der Waals surface area contributed by atoms with E-state index in [9.17, 15) is 8.42 Å². The molecule has 25 heavy (non-hydrogen) atoms. The molecule has 1 unspecified atom stereocenters. The summed E-state index contributed by atoms with van der Waals surface area (Å²) in [7, 11) is -3.85. The maximum Gasteiger partial charge on any atom is 0.267 e. The van der Waals surface area contributed by atoms with Crippen molar-refractivity contribution in [3.63, 3.8) is 0 Å². The van der Waals surface area contributed by atoms with E-state index in [4.69, 9.17) is 9.66 Å². The van der Waals surface area contributed by atoms with Crippen LogP contribution in [0, 0.1) is 0 Å². The van der Waals surface area contributed by atoms with Gasteiger partial charge in [-0.3, -0.25) is 4.55 Å². The highest BCUT2D eigenvalue weighted by Gasteiger charge is 2.19. The molecule has 0 aliphatic heterocycles. The van der Waals surface area contributed by atoms with Gasteiger partial charge in [-0.05, 0) is 19.3 Å². The van der Waals surface area contributed by atoms with Crippen LogP contribution >= 0.6 is 0 Å². The standard InChI is InChI=1S/C20H42O4S/c1-2-20(25(22,23)24)18-16-14-12-10-8-6-4-3-5-7-9-11-13-15-17-19-21/h20-21H,2-19H2,1H3,(H,22,23,24). The Labute approximate surface area is 156 Å². The minimum absolute atomic E-state index is 0.337. The van der Waals surface area contributed by atoms with Gasteiger partial charge in [-0.1, -0.05) is 96.8 Å². The van der Waals surface area contributed by atoms with Crippen molar-refractivity contribution in [2.24, 2.45) is 0 Å². The van der Waals surface area contributed by atoms with Gasteiger partial charge in [0.1, 0.15) is 0 Å². The zero-order valence-corrected chi connectivity index (χ0v) is 17.2. The van der Waals surface area contributed by atoms with Crippen LogP contribution in [-0.4, -0.2) is 29.9 Å². The lowest BCUT2D eigenvalue weighted by Gasteiger charge is -2.10. The van der Waals surface area contributed by atoms with Crippen LogP contribution in [0.25, 0.3) is 0 Å². The van der Waals surface area contributed by atoms with Crippen LogP contribution in [0.2, 0.25) is 0 Å². The van der Waals surface area contributed by atoms with Gasteiger partial charge in [0.25, 0.3) is 10.1 Å². The maximum atomic E-state index is 11.1. The van der Waals surface area contributed by atoms with E-state index in [2.05, 4.69) is 0 Å². The summed E-state index contributed by atoms with van der Waals surface area (Å²) < 4.78 is 31.3. The van der Waals surface area contributed by atoms with Crippen molar-refractivity contribution >= 4 is 10.1 Å². The van der Waals surface area contributed by atoms with Gasteiger partial charge in [0.05, 0.1) is 5.25 Å². The van der Waals surface area contributed by atoms with Gasteiger partial charge in [0.15, 0.2) is 0 Å². The molecule has 152 valence electrons. The number of unbranched alkanes of at least 4 members (excludes halogenated alkanes) is 14. The fraction of sp³-hybridized carbons (Fsp3) is 1.00.